The smallest absolute Gasteiger partial charge is 0.315 e. The average Bonchev–Trinajstić information content (AvgIpc) is 2.99. The van der Waals surface area contributed by atoms with Crippen molar-refractivity contribution in [2.24, 2.45) is 7.05 Å². The first-order valence-electron chi connectivity index (χ1n) is 8.11. The van der Waals surface area contributed by atoms with Gasteiger partial charge in [-0.25, -0.2) is 4.79 Å². The molecule has 2 amide bonds. The number of carbonyl (C=O) groups excluding carboxylic acids is 1. The van der Waals surface area contributed by atoms with Gasteiger partial charge < -0.3 is 15.2 Å². The summed E-state index contributed by atoms with van der Waals surface area (Å²) in [5.74, 6) is 1.14. The van der Waals surface area contributed by atoms with Gasteiger partial charge >= 0.3 is 6.03 Å². The minimum atomic E-state index is -0.179. The van der Waals surface area contributed by atoms with E-state index in [2.05, 4.69) is 45.1 Å². The fourth-order valence-electron chi connectivity index (χ4n) is 3.28. The summed E-state index contributed by atoms with van der Waals surface area (Å²) in [6.45, 7) is 2.56. The summed E-state index contributed by atoms with van der Waals surface area (Å²) in [6, 6.07) is 8.19. The van der Waals surface area contributed by atoms with E-state index >= 15 is 0 Å². The van der Waals surface area contributed by atoms with Crippen LogP contribution in [-0.2, 0) is 13.5 Å². The fraction of sp³-hybridized carbons (Fsp3) is 0.471. The zero-order chi connectivity index (χ0) is 16.2. The lowest BCUT2D eigenvalue weighted by Gasteiger charge is -2.26. The van der Waals surface area contributed by atoms with E-state index in [4.69, 9.17) is 0 Å². The number of hydrogen-bond acceptors (Lipinski definition) is 3. The number of rotatable bonds is 4. The molecule has 2 atom stereocenters. The first-order valence-corrected chi connectivity index (χ1v) is 8.11. The van der Waals surface area contributed by atoms with E-state index in [9.17, 15) is 4.79 Å². The predicted octanol–water partition coefficient (Wildman–Crippen LogP) is 2.30. The van der Waals surface area contributed by atoms with Crippen molar-refractivity contribution in [3.8, 4) is 0 Å². The standard InChI is InChI=1S/C17H23N5O/c1-12(16-21-19-11-22(16)2)20-17(23)18-10-14-8-5-7-13-6-3-4-9-15(13)14/h3-4,6,9,11-12,14H,5,7-8,10H2,1-2H3,(H2,18,20,23)/t12-,14-/m1/s1. The number of carbonyl (C=O) groups is 1. The number of urea groups is 1. The van der Waals surface area contributed by atoms with Crippen LogP contribution in [0.2, 0.25) is 0 Å². The molecular weight excluding hydrogens is 290 g/mol. The van der Waals surface area contributed by atoms with Crippen LogP contribution in [0.3, 0.4) is 0 Å². The summed E-state index contributed by atoms with van der Waals surface area (Å²) >= 11 is 0. The van der Waals surface area contributed by atoms with Gasteiger partial charge in [-0.15, -0.1) is 10.2 Å². The third-order valence-corrected chi connectivity index (χ3v) is 4.48. The highest BCUT2D eigenvalue weighted by atomic mass is 16.2. The molecule has 1 aromatic heterocycles. The molecule has 3 rings (SSSR count). The Morgan fingerprint density at radius 1 is 1.43 bits per heavy atom. The summed E-state index contributed by atoms with van der Waals surface area (Å²) in [7, 11) is 1.87. The van der Waals surface area contributed by atoms with Gasteiger partial charge in [-0.05, 0) is 37.3 Å². The highest BCUT2D eigenvalue weighted by molar-refractivity contribution is 5.74. The van der Waals surface area contributed by atoms with Crippen molar-refractivity contribution in [3.63, 3.8) is 0 Å². The van der Waals surface area contributed by atoms with Crippen LogP contribution in [0.25, 0.3) is 0 Å². The minimum Gasteiger partial charge on any atom is -0.338 e. The predicted molar refractivity (Wildman–Crippen MR) is 88.1 cm³/mol. The van der Waals surface area contributed by atoms with Gasteiger partial charge in [0.05, 0.1) is 6.04 Å². The molecule has 0 spiro atoms. The molecule has 1 aliphatic carbocycles. The summed E-state index contributed by atoms with van der Waals surface area (Å²) in [6.07, 6.45) is 5.07. The van der Waals surface area contributed by atoms with Crippen LogP contribution in [0, 0.1) is 0 Å². The highest BCUT2D eigenvalue weighted by Gasteiger charge is 2.21. The van der Waals surface area contributed by atoms with Crippen molar-refractivity contribution in [1.82, 2.24) is 25.4 Å². The first kappa shape index (κ1) is 15.5. The third kappa shape index (κ3) is 3.52. The Morgan fingerprint density at radius 3 is 3.04 bits per heavy atom. The Bertz CT molecular complexity index is 681. The molecule has 122 valence electrons. The van der Waals surface area contributed by atoms with Gasteiger partial charge in [0.25, 0.3) is 0 Å². The van der Waals surface area contributed by atoms with Gasteiger partial charge in [0.1, 0.15) is 6.33 Å². The van der Waals surface area contributed by atoms with Crippen molar-refractivity contribution < 1.29 is 4.79 Å². The van der Waals surface area contributed by atoms with Crippen molar-refractivity contribution in [2.75, 3.05) is 6.54 Å². The average molecular weight is 313 g/mol. The Labute approximate surface area is 136 Å². The molecule has 6 nitrogen and oxygen atoms in total. The lowest BCUT2D eigenvalue weighted by atomic mass is 9.83. The molecule has 2 aromatic rings. The molecule has 0 fully saturated rings. The maximum absolute atomic E-state index is 12.1. The van der Waals surface area contributed by atoms with Gasteiger partial charge in [-0.1, -0.05) is 24.3 Å². The molecule has 0 radical (unpaired) electrons. The zero-order valence-electron chi connectivity index (χ0n) is 13.6. The maximum atomic E-state index is 12.1. The Kier molecular flexibility index (Phi) is 4.60. The normalized spacial score (nSPS) is 18.1. The van der Waals surface area contributed by atoms with Crippen molar-refractivity contribution in [1.29, 1.82) is 0 Å². The molecule has 0 saturated heterocycles. The molecule has 0 bridgehead atoms. The molecule has 1 aliphatic rings. The molecule has 2 N–H and O–H groups in total. The van der Waals surface area contributed by atoms with Crippen LogP contribution < -0.4 is 10.6 Å². The number of amides is 2. The molecule has 0 aliphatic heterocycles. The number of aryl methyl sites for hydroxylation is 2. The lowest BCUT2D eigenvalue weighted by Crippen LogP contribution is -2.40. The van der Waals surface area contributed by atoms with Crippen LogP contribution in [0.1, 0.15) is 48.7 Å². The monoisotopic (exact) mass is 313 g/mol. The number of nitrogens with zero attached hydrogens (tertiary/aromatic N) is 3. The summed E-state index contributed by atoms with van der Waals surface area (Å²) < 4.78 is 1.81. The lowest BCUT2D eigenvalue weighted by molar-refractivity contribution is 0.236. The van der Waals surface area contributed by atoms with Gasteiger partial charge in [0, 0.05) is 19.5 Å². The number of nitrogens with one attached hydrogen (secondary N) is 2. The van der Waals surface area contributed by atoms with E-state index in [-0.39, 0.29) is 12.1 Å². The summed E-state index contributed by atoms with van der Waals surface area (Å²) in [4.78, 5) is 12.1. The highest BCUT2D eigenvalue weighted by Crippen LogP contribution is 2.30. The first-order chi connectivity index (χ1) is 11.1. The molecule has 0 saturated carbocycles. The van der Waals surface area contributed by atoms with E-state index < -0.39 is 0 Å². The number of fused-ring (bicyclic) bond motifs is 1. The van der Waals surface area contributed by atoms with Crippen LogP contribution >= 0.6 is 0 Å². The van der Waals surface area contributed by atoms with Crippen molar-refractivity contribution in [2.45, 2.75) is 38.1 Å². The third-order valence-electron chi connectivity index (χ3n) is 4.48. The van der Waals surface area contributed by atoms with E-state index in [1.807, 2.05) is 18.5 Å². The van der Waals surface area contributed by atoms with Gasteiger partial charge in [-0.2, -0.15) is 0 Å². The zero-order valence-corrected chi connectivity index (χ0v) is 13.6. The fourth-order valence-corrected chi connectivity index (χ4v) is 3.28. The SMILES string of the molecule is C[C@@H](NC(=O)NC[C@H]1CCCc2ccccc21)c1nncn1C. The van der Waals surface area contributed by atoms with Gasteiger partial charge in [0.2, 0.25) is 0 Å². The van der Waals surface area contributed by atoms with Crippen LogP contribution in [0.5, 0.6) is 0 Å². The van der Waals surface area contributed by atoms with Crippen LogP contribution in [0.15, 0.2) is 30.6 Å². The van der Waals surface area contributed by atoms with E-state index in [1.54, 1.807) is 6.33 Å². The Balaban J connectivity index is 1.55. The van der Waals surface area contributed by atoms with Crippen LogP contribution in [0.4, 0.5) is 4.79 Å². The second kappa shape index (κ2) is 6.81. The topological polar surface area (TPSA) is 71.8 Å². The molecule has 1 aromatic carbocycles. The van der Waals surface area contributed by atoms with Gasteiger partial charge in [0.15, 0.2) is 5.82 Å². The Hall–Kier alpha value is -2.37. The molecule has 23 heavy (non-hydrogen) atoms. The maximum Gasteiger partial charge on any atom is 0.315 e. The molecule has 1 heterocycles. The number of hydrogen-bond donors (Lipinski definition) is 2. The summed E-state index contributed by atoms with van der Waals surface area (Å²) in [5.41, 5.74) is 2.79. The van der Waals surface area contributed by atoms with E-state index in [0.29, 0.717) is 12.5 Å². The quantitative estimate of drug-likeness (QED) is 0.910. The second-order valence-electron chi connectivity index (χ2n) is 6.16. The minimum absolute atomic E-state index is 0.163. The molecular formula is C17H23N5O. The van der Waals surface area contributed by atoms with E-state index in [0.717, 1.165) is 18.7 Å². The van der Waals surface area contributed by atoms with E-state index in [1.165, 1.54) is 17.5 Å². The number of aromatic nitrogens is 3. The largest absolute Gasteiger partial charge is 0.338 e. The van der Waals surface area contributed by atoms with Crippen molar-refractivity contribution in [3.05, 3.63) is 47.5 Å². The molecule has 6 heteroatoms. The van der Waals surface area contributed by atoms with Crippen molar-refractivity contribution >= 4 is 6.03 Å². The van der Waals surface area contributed by atoms with Gasteiger partial charge in [-0.3, -0.25) is 0 Å². The summed E-state index contributed by atoms with van der Waals surface area (Å²) in [5, 5.41) is 13.8. The second-order valence-corrected chi connectivity index (χ2v) is 6.16. The Morgan fingerprint density at radius 2 is 2.26 bits per heavy atom. The van der Waals surface area contributed by atoms with Crippen LogP contribution in [-0.4, -0.2) is 27.3 Å². The molecule has 0 unspecified atom stereocenters. The number of benzene rings is 1.